The van der Waals surface area contributed by atoms with Crippen LogP contribution in [0.4, 0.5) is 0 Å². The van der Waals surface area contributed by atoms with Gasteiger partial charge in [0.25, 0.3) is 0 Å². The van der Waals surface area contributed by atoms with Crippen molar-refractivity contribution in [3.05, 3.63) is 70.6 Å². The largest absolute Gasteiger partial charge is 0.456 e. The molecule has 3 aromatic rings. The monoisotopic (exact) mass is 362 g/mol. The number of aromatic nitrogens is 2. The number of hydrogen-bond donors (Lipinski definition) is 0. The molecule has 0 amide bonds. The predicted molar refractivity (Wildman–Crippen MR) is 93.5 cm³/mol. The summed E-state index contributed by atoms with van der Waals surface area (Å²) in [5, 5.41) is 0.605. The van der Waals surface area contributed by atoms with Crippen LogP contribution < -0.4 is 0 Å². The molecule has 1 atom stereocenters. The van der Waals surface area contributed by atoms with E-state index in [0.29, 0.717) is 22.0 Å². The van der Waals surface area contributed by atoms with Gasteiger partial charge in [-0.3, -0.25) is 4.21 Å². The molecule has 0 fully saturated rings. The lowest BCUT2D eigenvalue weighted by molar-refractivity contribution is 0.0468. The van der Waals surface area contributed by atoms with E-state index in [9.17, 15) is 9.00 Å². The maximum absolute atomic E-state index is 12.2. The molecule has 0 spiro atoms. The molecule has 0 radical (unpaired) electrons. The van der Waals surface area contributed by atoms with Crippen molar-refractivity contribution in [3.63, 3.8) is 0 Å². The van der Waals surface area contributed by atoms with Gasteiger partial charge in [0.15, 0.2) is 0 Å². The minimum Gasteiger partial charge on any atom is -0.456 e. The maximum Gasteiger partial charge on any atom is 0.338 e. The number of rotatable bonds is 5. The molecule has 1 aromatic carbocycles. The minimum atomic E-state index is -0.958. The minimum absolute atomic E-state index is 0.0715. The quantitative estimate of drug-likeness (QED) is 0.654. The first-order valence-electron chi connectivity index (χ1n) is 7.20. The molecule has 124 valence electrons. The van der Waals surface area contributed by atoms with Crippen LogP contribution in [0.1, 0.15) is 21.6 Å². The number of esters is 1. The highest BCUT2D eigenvalue weighted by molar-refractivity contribution is 7.83. The first kappa shape index (κ1) is 16.7. The Labute approximate surface area is 146 Å². The average Bonchev–Trinajstić information content (AvgIpc) is 2.94. The van der Waals surface area contributed by atoms with Crippen molar-refractivity contribution < 1.29 is 13.7 Å². The van der Waals surface area contributed by atoms with Crippen molar-refractivity contribution >= 4 is 34.0 Å². The fourth-order valence-electron chi connectivity index (χ4n) is 2.33. The van der Waals surface area contributed by atoms with E-state index >= 15 is 0 Å². The van der Waals surface area contributed by atoms with Gasteiger partial charge in [-0.05, 0) is 29.8 Å². The van der Waals surface area contributed by atoms with E-state index in [1.807, 2.05) is 6.07 Å². The Morgan fingerprint density at radius 3 is 2.92 bits per heavy atom. The summed E-state index contributed by atoms with van der Waals surface area (Å²) in [6.07, 6.45) is 5.13. The number of carbonyl (C=O) groups is 1. The van der Waals surface area contributed by atoms with Gasteiger partial charge in [-0.15, -0.1) is 0 Å². The van der Waals surface area contributed by atoms with Crippen LogP contribution in [0.15, 0.2) is 48.8 Å². The van der Waals surface area contributed by atoms with Crippen molar-refractivity contribution in [2.45, 2.75) is 12.4 Å². The number of pyridine rings is 1. The molecular formula is C17H15ClN2O3S. The summed E-state index contributed by atoms with van der Waals surface area (Å²) in [7, 11) is -0.958. The zero-order chi connectivity index (χ0) is 17.1. The Kier molecular flexibility index (Phi) is 4.97. The van der Waals surface area contributed by atoms with Gasteiger partial charge in [-0.1, -0.05) is 23.7 Å². The molecule has 2 heterocycles. The molecule has 0 saturated heterocycles. The molecule has 0 bridgehead atoms. The Bertz CT molecular complexity index is 923. The summed E-state index contributed by atoms with van der Waals surface area (Å²) in [5.74, 6) is -0.0252. The second-order valence-electron chi connectivity index (χ2n) is 5.34. The fourth-order valence-corrected chi connectivity index (χ4v) is 3.15. The lowest BCUT2D eigenvalue weighted by Gasteiger charge is -2.05. The van der Waals surface area contributed by atoms with Crippen molar-refractivity contribution in [1.29, 1.82) is 0 Å². The first-order valence-corrected chi connectivity index (χ1v) is 9.31. The van der Waals surface area contributed by atoms with Crippen molar-refractivity contribution in [2.75, 3.05) is 6.26 Å². The van der Waals surface area contributed by atoms with Gasteiger partial charge in [0, 0.05) is 35.2 Å². The second kappa shape index (κ2) is 7.15. The van der Waals surface area contributed by atoms with E-state index in [-0.39, 0.29) is 6.61 Å². The summed E-state index contributed by atoms with van der Waals surface area (Å²) < 4.78 is 18.4. The van der Waals surface area contributed by atoms with Crippen LogP contribution in [0.3, 0.4) is 0 Å². The van der Waals surface area contributed by atoms with Gasteiger partial charge >= 0.3 is 5.97 Å². The lowest BCUT2D eigenvalue weighted by atomic mass is 10.1. The van der Waals surface area contributed by atoms with Crippen LogP contribution in [0, 0.1) is 0 Å². The standard InChI is InChI=1S/C17H15ClN2O3S/c1-24(22)11-12-3-2-4-13(7-12)17(21)23-10-15-9-20-8-14(18)5-6-16(20)19-15/h2-9H,10-11H2,1H3/t24-/m1/s1. The summed E-state index contributed by atoms with van der Waals surface area (Å²) in [6, 6.07) is 10.5. The van der Waals surface area contributed by atoms with Crippen LogP contribution in [-0.4, -0.2) is 25.8 Å². The number of fused-ring (bicyclic) bond motifs is 1. The molecule has 0 saturated carbocycles. The Balaban J connectivity index is 1.69. The Morgan fingerprint density at radius 1 is 1.29 bits per heavy atom. The molecule has 5 nitrogen and oxygen atoms in total. The van der Waals surface area contributed by atoms with Crippen LogP contribution >= 0.6 is 11.6 Å². The van der Waals surface area contributed by atoms with Gasteiger partial charge in [0.2, 0.25) is 0 Å². The first-order chi connectivity index (χ1) is 11.5. The molecular weight excluding hydrogens is 348 g/mol. The number of hydrogen-bond acceptors (Lipinski definition) is 4. The zero-order valence-corrected chi connectivity index (χ0v) is 14.5. The molecule has 3 rings (SSSR count). The number of ether oxygens (including phenoxy) is 1. The van der Waals surface area contributed by atoms with E-state index < -0.39 is 16.8 Å². The molecule has 0 aliphatic rings. The van der Waals surface area contributed by atoms with Gasteiger partial charge in [0.05, 0.1) is 16.3 Å². The van der Waals surface area contributed by atoms with Gasteiger partial charge in [-0.2, -0.15) is 0 Å². The van der Waals surface area contributed by atoms with Gasteiger partial charge in [-0.25, -0.2) is 9.78 Å². The van der Waals surface area contributed by atoms with Crippen molar-refractivity contribution in [1.82, 2.24) is 9.38 Å². The SMILES string of the molecule is C[S@@](=O)Cc1cccc(C(=O)OCc2cn3cc(Cl)ccc3n2)c1. The Morgan fingerprint density at radius 2 is 2.12 bits per heavy atom. The summed E-state index contributed by atoms with van der Waals surface area (Å²) in [5.41, 5.74) is 2.65. The summed E-state index contributed by atoms with van der Waals surface area (Å²) in [4.78, 5) is 16.5. The highest BCUT2D eigenvalue weighted by Gasteiger charge is 2.10. The highest BCUT2D eigenvalue weighted by Crippen LogP contribution is 2.13. The van der Waals surface area contributed by atoms with Crippen LogP contribution in [0.2, 0.25) is 5.02 Å². The molecule has 0 aliphatic heterocycles. The van der Waals surface area contributed by atoms with E-state index in [4.69, 9.17) is 16.3 Å². The molecule has 0 N–H and O–H groups in total. The lowest BCUT2D eigenvalue weighted by Crippen LogP contribution is -2.06. The van der Waals surface area contributed by atoms with Gasteiger partial charge < -0.3 is 9.14 Å². The van der Waals surface area contributed by atoms with E-state index in [1.54, 1.807) is 53.4 Å². The molecule has 0 aliphatic carbocycles. The van der Waals surface area contributed by atoms with Crippen molar-refractivity contribution in [3.8, 4) is 0 Å². The normalized spacial score (nSPS) is 12.2. The number of nitrogens with zero attached hydrogens (tertiary/aromatic N) is 2. The van der Waals surface area contributed by atoms with E-state index in [2.05, 4.69) is 4.98 Å². The predicted octanol–water partition coefficient (Wildman–Crippen LogP) is 3.22. The molecule has 24 heavy (non-hydrogen) atoms. The number of imidazole rings is 1. The van der Waals surface area contributed by atoms with Gasteiger partial charge in [0.1, 0.15) is 12.3 Å². The average molecular weight is 363 g/mol. The second-order valence-corrected chi connectivity index (χ2v) is 7.21. The maximum atomic E-state index is 12.2. The zero-order valence-electron chi connectivity index (χ0n) is 12.9. The third-order valence-corrected chi connectivity index (χ3v) is 4.31. The fraction of sp³-hybridized carbons (Fsp3) is 0.176. The van der Waals surface area contributed by atoms with Crippen LogP contribution in [-0.2, 0) is 27.9 Å². The number of benzene rings is 1. The van der Waals surface area contributed by atoms with E-state index in [0.717, 1.165) is 11.2 Å². The van der Waals surface area contributed by atoms with Crippen molar-refractivity contribution in [2.24, 2.45) is 0 Å². The van der Waals surface area contributed by atoms with Crippen LogP contribution in [0.25, 0.3) is 5.65 Å². The van der Waals surface area contributed by atoms with Crippen LogP contribution in [0.5, 0.6) is 0 Å². The summed E-state index contributed by atoms with van der Waals surface area (Å²) >= 11 is 5.93. The third-order valence-electron chi connectivity index (χ3n) is 3.35. The molecule has 0 unspecified atom stereocenters. The van der Waals surface area contributed by atoms with E-state index in [1.165, 1.54) is 0 Å². The Hall–Kier alpha value is -2.18. The third kappa shape index (κ3) is 4.01. The highest BCUT2D eigenvalue weighted by atomic mass is 35.5. The topological polar surface area (TPSA) is 60.7 Å². The smallest absolute Gasteiger partial charge is 0.338 e. The summed E-state index contributed by atoms with van der Waals surface area (Å²) in [6.45, 7) is 0.0715. The number of carbonyl (C=O) groups excluding carboxylic acids is 1. The molecule has 7 heteroatoms. The number of halogens is 1. The molecule has 2 aromatic heterocycles.